The van der Waals surface area contributed by atoms with E-state index >= 15 is 0 Å². The first-order valence-corrected chi connectivity index (χ1v) is 11.8. The zero-order chi connectivity index (χ0) is 24.8. The van der Waals surface area contributed by atoms with Crippen molar-refractivity contribution in [3.8, 4) is 0 Å². The van der Waals surface area contributed by atoms with Crippen molar-refractivity contribution in [1.82, 2.24) is 4.90 Å². The van der Waals surface area contributed by atoms with E-state index in [0.717, 1.165) is 3.57 Å². The number of amides is 2. The van der Waals surface area contributed by atoms with Gasteiger partial charge in [-0.1, -0.05) is 0 Å². The number of thiocarbonyl (C=S) groups is 1. The van der Waals surface area contributed by atoms with Crippen LogP contribution < -0.4 is 10.2 Å². The molecule has 0 unspecified atom stereocenters. The Morgan fingerprint density at radius 2 is 1.74 bits per heavy atom. The molecule has 1 heterocycles. The number of esters is 2. The van der Waals surface area contributed by atoms with Crippen molar-refractivity contribution < 1.29 is 28.7 Å². The van der Waals surface area contributed by atoms with Crippen LogP contribution >= 0.6 is 34.8 Å². The van der Waals surface area contributed by atoms with Gasteiger partial charge >= 0.3 is 11.9 Å². The third-order valence-electron chi connectivity index (χ3n) is 4.99. The number of hydrogen-bond donors (Lipinski definition) is 1. The van der Waals surface area contributed by atoms with Gasteiger partial charge in [-0.15, -0.1) is 0 Å². The van der Waals surface area contributed by atoms with Crippen LogP contribution in [0.15, 0.2) is 48.5 Å². The lowest BCUT2D eigenvalue weighted by Gasteiger charge is -2.22. The summed E-state index contributed by atoms with van der Waals surface area (Å²) in [6, 6.07) is 12.3. The zero-order valence-corrected chi connectivity index (χ0v) is 21.4. The van der Waals surface area contributed by atoms with Crippen LogP contribution in [0.25, 0.3) is 0 Å². The molecule has 2 aromatic rings. The van der Waals surface area contributed by atoms with Gasteiger partial charge in [0.2, 0.25) is 5.91 Å². The fraction of sp³-hybridized carbons (Fsp3) is 0.261. The summed E-state index contributed by atoms with van der Waals surface area (Å²) in [5, 5.41) is 2.82. The van der Waals surface area contributed by atoms with Crippen molar-refractivity contribution in [1.29, 1.82) is 0 Å². The average molecular weight is 595 g/mol. The van der Waals surface area contributed by atoms with Crippen molar-refractivity contribution in [3.63, 3.8) is 0 Å². The maximum atomic E-state index is 13.3. The van der Waals surface area contributed by atoms with E-state index in [1.165, 1.54) is 29.0 Å². The van der Waals surface area contributed by atoms with E-state index in [4.69, 9.17) is 21.7 Å². The SMILES string of the molecule is CCOC(=O)c1ccc(N2C(=O)[C@H](CC(=O)Nc3ccc(I)cc3)N(CC(=O)OC)C2=S)cc1. The summed E-state index contributed by atoms with van der Waals surface area (Å²) in [5.41, 5.74) is 1.31. The highest BCUT2D eigenvalue weighted by atomic mass is 127. The number of carbonyl (C=O) groups is 4. The van der Waals surface area contributed by atoms with Crippen LogP contribution in [0.3, 0.4) is 0 Å². The molecule has 178 valence electrons. The molecule has 2 amide bonds. The number of benzene rings is 2. The minimum absolute atomic E-state index is 0.0614. The second-order valence-corrected chi connectivity index (χ2v) is 8.81. The molecular formula is C23H22IN3O6S. The highest BCUT2D eigenvalue weighted by molar-refractivity contribution is 14.1. The molecule has 2 aromatic carbocycles. The Morgan fingerprint density at radius 3 is 2.32 bits per heavy atom. The van der Waals surface area contributed by atoms with Crippen molar-refractivity contribution in [2.24, 2.45) is 0 Å². The Balaban J connectivity index is 1.82. The molecule has 0 spiro atoms. The van der Waals surface area contributed by atoms with Crippen LogP contribution in [0.2, 0.25) is 0 Å². The van der Waals surface area contributed by atoms with E-state index < -0.39 is 29.8 Å². The highest BCUT2D eigenvalue weighted by Gasteiger charge is 2.45. The second-order valence-electron chi connectivity index (χ2n) is 7.20. The van der Waals surface area contributed by atoms with E-state index in [2.05, 4.69) is 27.9 Å². The third-order valence-corrected chi connectivity index (χ3v) is 6.13. The number of nitrogens with one attached hydrogen (secondary N) is 1. The van der Waals surface area contributed by atoms with E-state index in [-0.39, 0.29) is 24.7 Å². The van der Waals surface area contributed by atoms with Gasteiger partial charge in [0.15, 0.2) is 5.11 Å². The standard InChI is InChI=1S/C23H22IN3O6S/c1-3-33-22(31)14-4-10-17(11-5-14)27-21(30)18(26(23(27)34)13-20(29)32-2)12-19(28)25-16-8-6-15(24)7-9-16/h4-11,18H,3,12-13H2,1-2H3,(H,25,28)/t18-/m0/s1. The summed E-state index contributed by atoms with van der Waals surface area (Å²) in [5.74, 6) is -1.95. The van der Waals surface area contributed by atoms with Crippen LogP contribution in [0.5, 0.6) is 0 Å². The number of methoxy groups -OCH3 is 1. The lowest BCUT2D eigenvalue weighted by Crippen LogP contribution is -2.41. The van der Waals surface area contributed by atoms with Gasteiger partial charge in [0.05, 0.1) is 31.4 Å². The van der Waals surface area contributed by atoms with Crippen LogP contribution in [-0.4, -0.2) is 60.1 Å². The number of nitrogens with zero attached hydrogens (tertiary/aromatic N) is 2. The van der Waals surface area contributed by atoms with Crippen molar-refractivity contribution in [2.45, 2.75) is 19.4 Å². The number of ether oxygens (including phenoxy) is 2. The van der Waals surface area contributed by atoms with Crippen molar-refractivity contribution in [2.75, 3.05) is 30.5 Å². The molecule has 0 saturated carbocycles. The lowest BCUT2D eigenvalue weighted by molar-refractivity contribution is -0.141. The molecule has 9 nitrogen and oxygen atoms in total. The van der Waals surface area contributed by atoms with Crippen LogP contribution in [0.4, 0.5) is 11.4 Å². The van der Waals surface area contributed by atoms with Crippen molar-refractivity contribution >= 4 is 75.0 Å². The molecule has 0 aliphatic carbocycles. The molecule has 1 fully saturated rings. The van der Waals surface area contributed by atoms with Crippen LogP contribution in [-0.2, 0) is 23.9 Å². The zero-order valence-electron chi connectivity index (χ0n) is 18.4. The van der Waals surface area contributed by atoms with Gasteiger partial charge in [-0.05, 0) is 90.3 Å². The van der Waals surface area contributed by atoms with Crippen LogP contribution in [0.1, 0.15) is 23.7 Å². The van der Waals surface area contributed by atoms with Crippen molar-refractivity contribution in [3.05, 3.63) is 57.7 Å². The third kappa shape index (κ3) is 5.89. The first kappa shape index (κ1) is 25.6. The minimum atomic E-state index is -1.000. The fourth-order valence-corrected chi connectivity index (χ4v) is 4.08. The molecule has 0 aromatic heterocycles. The van der Waals surface area contributed by atoms with Gasteiger partial charge in [-0.25, -0.2) is 4.79 Å². The Kier molecular flexibility index (Phi) is 8.56. The molecule has 0 bridgehead atoms. The molecule has 1 aliphatic rings. The molecule has 11 heteroatoms. The first-order valence-electron chi connectivity index (χ1n) is 10.3. The molecule has 34 heavy (non-hydrogen) atoms. The van der Waals surface area contributed by atoms with E-state index in [1.807, 2.05) is 12.1 Å². The summed E-state index contributed by atoms with van der Waals surface area (Å²) in [6.45, 7) is 1.65. The summed E-state index contributed by atoms with van der Waals surface area (Å²) in [7, 11) is 1.23. The number of hydrogen-bond acceptors (Lipinski definition) is 7. The molecule has 1 saturated heterocycles. The highest BCUT2D eigenvalue weighted by Crippen LogP contribution is 2.28. The Morgan fingerprint density at radius 1 is 1.09 bits per heavy atom. The lowest BCUT2D eigenvalue weighted by atomic mass is 10.1. The van der Waals surface area contributed by atoms with E-state index in [9.17, 15) is 19.2 Å². The maximum absolute atomic E-state index is 13.3. The van der Waals surface area contributed by atoms with E-state index in [0.29, 0.717) is 16.9 Å². The Hall–Kier alpha value is -3.06. The normalized spacial score (nSPS) is 15.3. The monoisotopic (exact) mass is 595 g/mol. The number of anilines is 2. The smallest absolute Gasteiger partial charge is 0.338 e. The number of rotatable bonds is 8. The van der Waals surface area contributed by atoms with Gasteiger partial charge in [0, 0.05) is 9.26 Å². The molecule has 1 aliphatic heterocycles. The topological polar surface area (TPSA) is 105 Å². The van der Waals surface area contributed by atoms with Gasteiger partial charge in [-0.3, -0.25) is 19.3 Å². The van der Waals surface area contributed by atoms with Gasteiger partial charge < -0.3 is 19.7 Å². The van der Waals surface area contributed by atoms with E-state index in [1.54, 1.807) is 31.2 Å². The van der Waals surface area contributed by atoms with Gasteiger partial charge in [0.25, 0.3) is 5.91 Å². The summed E-state index contributed by atoms with van der Waals surface area (Å²) in [4.78, 5) is 52.6. The van der Waals surface area contributed by atoms with Crippen LogP contribution in [0, 0.1) is 3.57 Å². The molecule has 3 rings (SSSR count). The van der Waals surface area contributed by atoms with Gasteiger partial charge in [-0.2, -0.15) is 0 Å². The quantitative estimate of drug-likeness (QED) is 0.282. The predicted molar refractivity (Wildman–Crippen MR) is 137 cm³/mol. The first-order chi connectivity index (χ1) is 16.2. The molecule has 1 N–H and O–H groups in total. The summed E-state index contributed by atoms with van der Waals surface area (Å²) < 4.78 is 10.7. The van der Waals surface area contributed by atoms with Gasteiger partial charge in [0.1, 0.15) is 12.6 Å². The molecular weight excluding hydrogens is 573 g/mol. The average Bonchev–Trinajstić information content (AvgIpc) is 3.04. The number of halogens is 1. The number of carbonyl (C=O) groups excluding carboxylic acids is 4. The fourth-order valence-electron chi connectivity index (χ4n) is 3.34. The maximum Gasteiger partial charge on any atom is 0.338 e. The predicted octanol–water partition coefficient (Wildman–Crippen LogP) is 2.97. The minimum Gasteiger partial charge on any atom is -0.468 e. The molecule has 1 atom stereocenters. The second kappa shape index (κ2) is 11.4. The Bertz CT molecular complexity index is 1110. The Labute approximate surface area is 215 Å². The summed E-state index contributed by atoms with van der Waals surface area (Å²) in [6.07, 6.45) is -0.223. The largest absolute Gasteiger partial charge is 0.468 e. The summed E-state index contributed by atoms with van der Waals surface area (Å²) >= 11 is 7.64. The molecule has 0 radical (unpaired) electrons.